The molecule has 0 aromatic rings. The second-order valence-corrected chi connectivity index (χ2v) is 8.16. The Morgan fingerprint density at radius 2 is 1.50 bits per heavy atom. The van der Waals surface area contributed by atoms with Crippen LogP contribution in [0.15, 0.2) is 9.98 Å². The van der Waals surface area contributed by atoms with Gasteiger partial charge in [-0.05, 0) is 0 Å². The summed E-state index contributed by atoms with van der Waals surface area (Å²) in [5, 5.41) is 0. The topological polar surface area (TPSA) is 58.9 Å². The van der Waals surface area contributed by atoms with E-state index in [2.05, 4.69) is 9.98 Å². The minimum absolute atomic E-state index is 0. The third-order valence-electron chi connectivity index (χ3n) is 1.08. The number of hydrogen-bond donors (Lipinski definition) is 1. The van der Waals surface area contributed by atoms with E-state index in [0.29, 0.717) is 29.9 Å². The number of halogens is 1. The Labute approximate surface area is 99.9 Å². The van der Waals surface area contributed by atoms with Crippen molar-refractivity contribution in [3.8, 4) is 0 Å². The van der Waals surface area contributed by atoms with Gasteiger partial charge in [-0.3, -0.25) is 0 Å². The van der Waals surface area contributed by atoms with Crippen molar-refractivity contribution in [2.24, 2.45) is 9.98 Å². The molecule has 14 heavy (non-hydrogen) atoms. The van der Waals surface area contributed by atoms with E-state index < -0.39 is 0 Å². The van der Waals surface area contributed by atoms with Crippen molar-refractivity contribution in [3.63, 3.8) is 0 Å². The first-order chi connectivity index (χ1) is 6.38. The molecule has 0 aliphatic carbocycles. The summed E-state index contributed by atoms with van der Waals surface area (Å²) >= 11 is 2.70. The molecule has 2 atom stereocenters. The van der Waals surface area contributed by atoms with Gasteiger partial charge in [-0.25, -0.2) is 0 Å². The fourth-order valence-corrected chi connectivity index (χ4v) is 8.45. The van der Waals surface area contributed by atoms with Gasteiger partial charge < -0.3 is 0 Å². The van der Waals surface area contributed by atoms with Crippen LogP contribution in [0.3, 0.4) is 0 Å². The molecular weight excluding hydrogens is 341 g/mol. The monoisotopic (exact) mass is 352 g/mol. The summed E-state index contributed by atoms with van der Waals surface area (Å²) in [6, 6.07) is 0. The molecule has 0 radical (unpaired) electrons. The number of aliphatic imine (C=N–C) groups is 2. The van der Waals surface area contributed by atoms with Crippen molar-refractivity contribution in [1.82, 2.24) is 0 Å². The van der Waals surface area contributed by atoms with E-state index >= 15 is 0 Å². The molecule has 1 saturated heterocycles. The quantitative estimate of drug-likeness (QED) is 0.342. The van der Waals surface area contributed by atoms with E-state index in [-0.39, 0.29) is 17.3 Å². The summed E-state index contributed by atoms with van der Waals surface area (Å²) in [5.41, 5.74) is 0. The standard InChI is InChI=1S/C5H4N2O2Se2.CH4.FHS/c8-1-6-4-5(7-2-9)11-3-10-4;;1-2/h4-5H,3H2;1H4;2H. The molecule has 1 aliphatic heterocycles. The average Bonchev–Trinajstić information content (AvgIpc) is 2.58. The van der Waals surface area contributed by atoms with Crippen LogP contribution >= 0.6 is 13.0 Å². The Kier molecular flexibility index (Phi) is 13.2. The number of nitrogens with zero attached hydrogens (tertiary/aromatic N) is 2. The molecule has 2 unspecified atom stereocenters. The maximum absolute atomic E-state index is 9.90. The summed E-state index contributed by atoms with van der Waals surface area (Å²) < 4.78 is 10.3. The van der Waals surface area contributed by atoms with Gasteiger partial charge in [-0.15, -0.1) is 0 Å². The Morgan fingerprint density at radius 3 is 1.79 bits per heavy atom. The van der Waals surface area contributed by atoms with Crippen molar-refractivity contribution >= 4 is 55.1 Å². The van der Waals surface area contributed by atoms with E-state index in [1.54, 1.807) is 0 Å². The zero-order chi connectivity index (χ0) is 10.1. The zero-order valence-corrected chi connectivity index (χ0v) is 10.5. The molecule has 0 amide bonds. The van der Waals surface area contributed by atoms with Gasteiger partial charge in [0.25, 0.3) is 0 Å². The van der Waals surface area contributed by atoms with Gasteiger partial charge in [0.15, 0.2) is 0 Å². The van der Waals surface area contributed by atoms with E-state index in [1.807, 2.05) is 13.0 Å². The Morgan fingerprint density at radius 1 is 1.14 bits per heavy atom. The molecule has 1 fully saturated rings. The zero-order valence-electron chi connectivity index (χ0n) is 6.21. The van der Waals surface area contributed by atoms with Crippen molar-refractivity contribution in [3.05, 3.63) is 0 Å². The van der Waals surface area contributed by atoms with Crippen LogP contribution in [-0.2, 0) is 9.59 Å². The van der Waals surface area contributed by atoms with Gasteiger partial charge in [0, 0.05) is 13.0 Å². The summed E-state index contributed by atoms with van der Waals surface area (Å²) in [6.07, 6.45) is 3.02. The Balaban J connectivity index is 0. The summed E-state index contributed by atoms with van der Waals surface area (Å²) in [6.45, 7) is 0. The molecule has 0 spiro atoms. The van der Waals surface area contributed by atoms with Crippen LogP contribution in [0.5, 0.6) is 0 Å². The Bertz CT molecular complexity index is 220. The van der Waals surface area contributed by atoms with Crippen LogP contribution in [0.2, 0.25) is 4.22 Å². The van der Waals surface area contributed by atoms with Gasteiger partial charge >= 0.3 is 75.7 Å². The summed E-state index contributed by atoms with van der Waals surface area (Å²) in [4.78, 5) is 26.9. The number of carbonyl (C=O) groups excluding carboxylic acids is 2. The second-order valence-electron chi connectivity index (χ2n) is 1.67. The molecule has 1 rings (SSSR count). The van der Waals surface area contributed by atoms with E-state index in [1.165, 1.54) is 12.2 Å². The fraction of sp³-hybridized carbons (Fsp3) is 0.667. The maximum atomic E-state index is 9.90. The molecule has 0 saturated carbocycles. The third-order valence-corrected chi connectivity index (χ3v) is 8.45. The number of hydrogen-bond acceptors (Lipinski definition) is 5. The van der Waals surface area contributed by atoms with E-state index in [0.717, 1.165) is 4.22 Å². The molecule has 80 valence electrons. The molecular formula is C6H9FN2O2SSe2. The van der Waals surface area contributed by atoms with Gasteiger partial charge in [-0.2, -0.15) is 3.89 Å². The Hall–Kier alpha value is 0.0790. The van der Waals surface area contributed by atoms with Crippen molar-refractivity contribution < 1.29 is 13.5 Å². The van der Waals surface area contributed by atoms with Crippen LogP contribution in [0.4, 0.5) is 3.89 Å². The van der Waals surface area contributed by atoms with Crippen molar-refractivity contribution in [1.29, 1.82) is 0 Å². The molecule has 1 aliphatic rings. The van der Waals surface area contributed by atoms with Gasteiger partial charge in [-0.1, -0.05) is 7.43 Å². The van der Waals surface area contributed by atoms with E-state index in [4.69, 9.17) is 0 Å². The van der Waals surface area contributed by atoms with Crippen LogP contribution in [0, 0.1) is 0 Å². The normalized spacial score (nSPS) is 23.0. The first-order valence-electron chi connectivity index (χ1n) is 2.92. The van der Waals surface area contributed by atoms with Crippen LogP contribution in [0.25, 0.3) is 0 Å². The number of isocyanates is 2. The van der Waals surface area contributed by atoms with Crippen LogP contribution in [0.1, 0.15) is 7.43 Å². The average molecular weight is 350 g/mol. The molecule has 4 nitrogen and oxygen atoms in total. The SMILES string of the molecule is C.FS.O=C=NC1[Se]C[Se]C1N=C=O. The summed E-state index contributed by atoms with van der Waals surface area (Å²) in [7, 11) is 0. The minimum atomic E-state index is -0.0403. The van der Waals surface area contributed by atoms with E-state index in [9.17, 15) is 13.5 Å². The van der Waals surface area contributed by atoms with Crippen molar-refractivity contribution in [2.45, 2.75) is 21.5 Å². The molecule has 0 aromatic heterocycles. The molecule has 8 heteroatoms. The van der Waals surface area contributed by atoms with Gasteiger partial charge in [0.05, 0.1) is 0 Å². The van der Waals surface area contributed by atoms with Gasteiger partial charge in [0.1, 0.15) is 0 Å². The third kappa shape index (κ3) is 5.73. The predicted molar refractivity (Wildman–Crippen MR) is 57.0 cm³/mol. The fourth-order valence-electron chi connectivity index (χ4n) is 0.649. The predicted octanol–water partition coefficient (Wildman–Crippen LogP) is 0.545. The number of thiol groups is 1. The van der Waals surface area contributed by atoms with Gasteiger partial charge in [0.2, 0.25) is 0 Å². The first-order valence-corrected chi connectivity index (χ1v) is 7.66. The molecule has 0 aromatic carbocycles. The second kappa shape index (κ2) is 11.2. The number of rotatable bonds is 2. The van der Waals surface area contributed by atoms with Crippen molar-refractivity contribution in [2.75, 3.05) is 0 Å². The first kappa shape index (κ1) is 16.5. The molecule has 0 N–H and O–H groups in total. The summed E-state index contributed by atoms with van der Waals surface area (Å²) in [5.74, 6) is 0. The molecule has 1 heterocycles. The molecule has 0 bridgehead atoms. The van der Waals surface area contributed by atoms with Crippen LogP contribution in [-0.4, -0.2) is 52.0 Å². The van der Waals surface area contributed by atoms with Crippen LogP contribution < -0.4 is 0 Å².